The van der Waals surface area contributed by atoms with E-state index < -0.39 is 0 Å². The number of hydrogen-bond acceptors (Lipinski definition) is 3. The van der Waals surface area contributed by atoms with Crippen molar-refractivity contribution >= 4 is 12.0 Å². The van der Waals surface area contributed by atoms with Crippen molar-refractivity contribution in [3.63, 3.8) is 0 Å². The van der Waals surface area contributed by atoms with Crippen molar-refractivity contribution in [2.45, 2.75) is 20.3 Å². The Kier molecular flexibility index (Phi) is 4.99. The van der Waals surface area contributed by atoms with E-state index in [1.807, 2.05) is 19.1 Å². The number of hydrogen-bond donors (Lipinski definition) is 1. The van der Waals surface area contributed by atoms with Crippen LogP contribution in [0.3, 0.4) is 0 Å². The maximum absolute atomic E-state index is 10.7. The largest absolute Gasteiger partial charge is 0.372 e. The first-order valence-electron chi connectivity index (χ1n) is 5.73. The molecule has 0 saturated carbocycles. The molecule has 16 heavy (non-hydrogen) atoms. The van der Waals surface area contributed by atoms with Crippen molar-refractivity contribution in [3.8, 4) is 0 Å². The van der Waals surface area contributed by atoms with Gasteiger partial charge < -0.3 is 10.6 Å². The van der Waals surface area contributed by atoms with Gasteiger partial charge in [-0.2, -0.15) is 0 Å². The van der Waals surface area contributed by atoms with E-state index in [4.69, 9.17) is 5.73 Å². The SMILES string of the molecule is CCN(CCCN)c1ccc(C=O)c(C)c1. The smallest absolute Gasteiger partial charge is 0.150 e. The van der Waals surface area contributed by atoms with Crippen LogP contribution in [0.2, 0.25) is 0 Å². The predicted octanol–water partition coefficient (Wildman–Crippen LogP) is 1.98. The lowest BCUT2D eigenvalue weighted by Crippen LogP contribution is -2.25. The van der Waals surface area contributed by atoms with Gasteiger partial charge in [0, 0.05) is 24.3 Å². The summed E-state index contributed by atoms with van der Waals surface area (Å²) in [5.41, 5.74) is 8.47. The van der Waals surface area contributed by atoms with Crippen molar-refractivity contribution in [1.82, 2.24) is 0 Å². The molecule has 0 spiro atoms. The Labute approximate surface area is 97.2 Å². The van der Waals surface area contributed by atoms with Crippen molar-refractivity contribution in [2.24, 2.45) is 5.73 Å². The van der Waals surface area contributed by atoms with Crippen molar-refractivity contribution in [1.29, 1.82) is 0 Å². The van der Waals surface area contributed by atoms with Gasteiger partial charge in [-0.15, -0.1) is 0 Å². The molecule has 1 aromatic rings. The average molecular weight is 220 g/mol. The number of benzene rings is 1. The quantitative estimate of drug-likeness (QED) is 0.746. The number of nitrogens with zero attached hydrogens (tertiary/aromatic N) is 1. The minimum atomic E-state index is 0.710. The number of carbonyl (C=O) groups is 1. The lowest BCUT2D eigenvalue weighted by molar-refractivity contribution is 0.112. The van der Waals surface area contributed by atoms with E-state index >= 15 is 0 Å². The molecular formula is C13H20N2O. The van der Waals surface area contributed by atoms with Gasteiger partial charge in [0.1, 0.15) is 6.29 Å². The van der Waals surface area contributed by atoms with E-state index in [0.29, 0.717) is 6.54 Å². The Bertz CT molecular complexity index is 350. The average Bonchev–Trinajstić information content (AvgIpc) is 2.30. The minimum absolute atomic E-state index is 0.710. The highest BCUT2D eigenvalue weighted by atomic mass is 16.1. The summed E-state index contributed by atoms with van der Waals surface area (Å²) < 4.78 is 0. The van der Waals surface area contributed by atoms with Gasteiger partial charge >= 0.3 is 0 Å². The molecule has 0 aliphatic carbocycles. The fraction of sp³-hybridized carbons (Fsp3) is 0.462. The molecule has 2 N–H and O–H groups in total. The van der Waals surface area contributed by atoms with Gasteiger partial charge in [0.2, 0.25) is 0 Å². The lowest BCUT2D eigenvalue weighted by atomic mass is 10.1. The van der Waals surface area contributed by atoms with Crippen molar-refractivity contribution in [2.75, 3.05) is 24.5 Å². The molecule has 3 heteroatoms. The second-order valence-electron chi connectivity index (χ2n) is 3.88. The normalized spacial score (nSPS) is 10.2. The molecule has 0 bridgehead atoms. The number of aldehydes is 1. The monoisotopic (exact) mass is 220 g/mol. The van der Waals surface area contributed by atoms with Crippen LogP contribution < -0.4 is 10.6 Å². The molecule has 0 saturated heterocycles. The number of aryl methyl sites for hydroxylation is 1. The zero-order valence-electron chi connectivity index (χ0n) is 10.1. The Morgan fingerprint density at radius 1 is 1.44 bits per heavy atom. The highest BCUT2D eigenvalue weighted by molar-refractivity contribution is 5.78. The van der Waals surface area contributed by atoms with Gasteiger partial charge in [-0.3, -0.25) is 4.79 Å². The van der Waals surface area contributed by atoms with E-state index in [-0.39, 0.29) is 0 Å². The molecule has 0 aromatic heterocycles. The fourth-order valence-corrected chi connectivity index (χ4v) is 1.74. The first-order valence-corrected chi connectivity index (χ1v) is 5.73. The van der Waals surface area contributed by atoms with Crippen LogP contribution in [0, 0.1) is 6.92 Å². The van der Waals surface area contributed by atoms with Gasteiger partial charge in [0.15, 0.2) is 0 Å². The Morgan fingerprint density at radius 3 is 2.69 bits per heavy atom. The molecule has 0 atom stereocenters. The van der Waals surface area contributed by atoms with Crippen LogP contribution in [-0.2, 0) is 0 Å². The van der Waals surface area contributed by atoms with E-state index in [2.05, 4.69) is 17.9 Å². The summed E-state index contributed by atoms with van der Waals surface area (Å²) in [5.74, 6) is 0. The standard InChI is InChI=1S/C13H20N2O/c1-3-15(8-4-7-14)13-6-5-12(10-16)11(2)9-13/h5-6,9-10H,3-4,7-8,14H2,1-2H3. The first kappa shape index (κ1) is 12.7. The Morgan fingerprint density at radius 2 is 2.19 bits per heavy atom. The zero-order chi connectivity index (χ0) is 12.0. The van der Waals surface area contributed by atoms with Crippen LogP contribution in [0.4, 0.5) is 5.69 Å². The number of nitrogens with two attached hydrogens (primary N) is 1. The predicted molar refractivity (Wildman–Crippen MR) is 68.1 cm³/mol. The number of carbonyl (C=O) groups excluding carboxylic acids is 1. The molecule has 1 aromatic carbocycles. The highest BCUT2D eigenvalue weighted by Crippen LogP contribution is 2.18. The summed E-state index contributed by atoms with van der Waals surface area (Å²) in [6, 6.07) is 5.93. The van der Waals surface area contributed by atoms with Crippen LogP contribution in [0.5, 0.6) is 0 Å². The third-order valence-electron chi connectivity index (χ3n) is 2.76. The molecule has 0 fully saturated rings. The van der Waals surface area contributed by atoms with Gasteiger partial charge in [0.25, 0.3) is 0 Å². The summed E-state index contributed by atoms with van der Waals surface area (Å²) >= 11 is 0. The molecule has 0 radical (unpaired) electrons. The minimum Gasteiger partial charge on any atom is -0.372 e. The molecule has 0 aliphatic rings. The van der Waals surface area contributed by atoms with Gasteiger partial charge in [-0.1, -0.05) is 0 Å². The van der Waals surface area contributed by atoms with E-state index in [9.17, 15) is 4.79 Å². The van der Waals surface area contributed by atoms with Crippen LogP contribution in [0.1, 0.15) is 29.3 Å². The summed E-state index contributed by atoms with van der Waals surface area (Å²) in [7, 11) is 0. The maximum atomic E-state index is 10.7. The second-order valence-corrected chi connectivity index (χ2v) is 3.88. The van der Waals surface area contributed by atoms with E-state index in [0.717, 1.165) is 36.9 Å². The van der Waals surface area contributed by atoms with Gasteiger partial charge in [-0.05, 0) is 50.6 Å². The van der Waals surface area contributed by atoms with E-state index in [1.165, 1.54) is 5.69 Å². The highest BCUT2D eigenvalue weighted by Gasteiger charge is 2.05. The van der Waals surface area contributed by atoms with Crippen molar-refractivity contribution in [3.05, 3.63) is 29.3 Å². The second kappa shape index (κ2) is 6.28. The molecule has 88 valence electrons. The first-order chi connectivity index (χ1) is 7.72. The van der Waals surface area contributed by atoms with E-state index in [1.54, 1.807) is 0 Å². The third-order valence-corrected chi connectivity index (χ3v) is 2.76. The Hall–Kier alpha value is -1.35. The topological polar surface area (TPSA) is 46.3 Å². The molecule has 0 heterocycles. The van der Waals surface area contributed by atoms with Crippen LogP contribution >= 0.6 is 0 Å². The number of rotatable bonds is 6. The number of anilines is 1. The maximum Gasteiger partial charge on any atom is 0.150 e. The lowest BCUT2D eigenvalue weighted by Gasteiger charge is -2.23. The molecule has 0 amide bonds. The molecular weight excluding hydrogens is 200 g/mol. The molecule has 0 unspecified atom stereocenters. The van der Waals surface area contributed by atoms with Gasteiger partial charge in [0.05, 0.1) is 0 Å². The summed E-state index contributed by atoms with van der Waals surface area (Å²) in [6.07, 6.45) is 1.89. The Balaban J connectivity index is 2.84. The summed E-state index contributed by atoms with van der Waals surface area (Å²) in [4.78, 5) is 13.0. The molecule has 3 nitrogen and oxygen atoms in total. The van der Waals surface area contributed by atoms with Gasteiger partial charge in [-0.25, -0.2) is 0 Å². The third kappa shape index (κ3) is 3.07. The van der Waals surface area contributed by atoms with Crippen molar-refractivity contribution < 1.29 is 4.79 Å². The van der Waals surface area contributed by atoms with Crippen LogP contribution in [-0.4, -0.2) is 25.9 Å². The fourth-order valence-electron chi connectivity index (χ4n) is 1.74. The summed E-state index contributed by atoms with van der Waals surface area (Å²) in [5, 5.41) is 0. The molecule has 0 aliphatic heterocycles. The van der Waals surface area contributed by atoms with Crippen LogP contribution in [0.15, 0.2) is 18.2 Å². The molecule has 1 rings (SSSR count). The zero-order valence-corrected chi connectivity index (χ0v) is 10.1. The summed E-state index contributed by atoms with van der Waals surface area (Å²) in [6.45, 7) is 6.72. The van der Waals surface area contributed by atoms with Crippen LogP contribution in [0.25, 0.3) is 0 Å².